The van der Waals surface area contributed by atoms with Gasteiger partial charge in [0.2, 0.25) is 0 Å². The lowest BCUT2D eigenvalue weighted by molar-refractivity contribution is 0.0912. The van der Waals surface area contributed by atoms with Crippen molar-refractivity contribution in [2.45, 2.75) is 26.6 Å². The first-order valence-corrected chi connectivity index (χ1v) is 9.59. The molecule has 1 atom stereocenters. The van der Waals surface area contributed by atoms with Crippen LogP contribution in [0, 0.1) is 12.8 Å². The van der Waals surface area contributed by atoms with E-state index in [-0.39, 0.29) is 11.8 Å². The molecule has 1 aliphatic heterocycles. The summed E-state index contributed by atoms with van der Waals surface area (Å²) in [5.41, 5.74) is 1.22. The predicted octanol–water partition coefficient (Wildman–Crippen LogP) is 2.91. The number of furan rings is 1. The highest BCUT2D eigenvalue weighted by atomic mass is 32.1. The minimum absolute atomic E-state index is 0.166. The molecule has 0 saturated heterocycles. The van der Waals surface area contributed by atoms with Gasteiger partial charge in [-0.1, -0.05) is 0 Å². The van der Waals surface area contributed by atoms with Gasteiger partial charge in [0.25, 0.3) is 5.91 Å². The van der Waals surface area contributed by atoms with E-state index in [0.29, 0.717) is 12.3 Å². The van der Waals surface area contributed by atoms with Gasteiger partial charge in [-0.3, -0.25) is 14.4 Å². The van der Waals surface area contributed by atoms with E-state index < -0.39 is 0 Å². The molecule has 0 aliphatic carbocycles. The summed E-state index contributed by atoms with van der Waals surface area (Å²) in [5.74, 6) is 0.473. The number of hydrogen-bond acceptors (Lipinski definition) is 5. The Bertz CT molecular complexity index is 868. The van der Waals surface area contributed by atoms with Crippen LogP contribution in [0.25, 0.3) is 0 Å². The van der Waals surface area contributed by atoms with Crippen LogP contribution in [-0.2, 0) is 19.6 Å². The van der Waals surface area contributed by atoms with Gasteiger partial charge in [0.05, 0.1) is 12.0 Å². The van der Waals surface area contributed by atoms with Crippen LogP contribution in [0.15, 0.2) is 47.2 Å². The second-order valence-corrected chi connectivity index (χ2v) is 8.11. The fourth-order valence-electron chi connectivity index (χ4n) is 3.39. The lowest BCUT2D eigenvalue weighted by Gasteiger charge is -2.23. The number of hydrogen-bond donors (Lipinski definition) is 1. The van der Waals surface area contributed by atoms with Crippen LogP contribution in [-0.4, -0.2) is 33.7 Å². The van der Waals surface area contributed by atoms with Crippen molar-refractivity contribution in [1.82, 2.24) is 20.0 Å². The number of amides is 1. The molecule has 0 fully saturated rings. The summed E-state index contributed by atoms with van der Waals surface area (Å²) < 4.78 is 7.23. The second kappa shape index (κ2) is 7.47. The highest BCUT2D eigenvalue weighted by Crippen LogP contribution is 2.22. The van der Waals surface area contributed by atoms with Crippen LogP contribution in [0.2, 0.25) is 0 Å². The number of aromatic nitrogens is 2. The van der Waals surface area contributed by atoms with Crippen molar-refractivity contribution in [2.75, 3.05) is 13.1 Å². The van der Waals surface area contributed by atoms with Crippen molar-refractivity contribution in [3.8, 4) is 0 Å². The van der Waals surface area contributed by atoms with Gasteiger partial charge in [-0.2, -0.15) is 5.10 Å². The standard InChI is InChI=1S/C19H22N4O2S/c1-14-4-5-17(26-14)13-22-10-15(11-23-16(12-22)6-7-21-23)9-20-19(24)18-3-2-8-25-18/h2-8,15H,9-13H2,1H3,(H,20,24)/t15-/m0/s1. The number of carbonyl (C=O) groups excluding carboxylic acids is 1. The Morgan fingerprint density at radius 1 is 1.35 bits per heavy atom. The maximum absolute atomic E-state index is 12.2. The zero-order valence-corrected chi connectivity index (χ0v) is 15.5. The van der Waals surface area contributed by atoms with Gasteiger partial charge in [-0.25, -0.2) is 0 Å². The Kier molecular flexibility index (Phi) is 4.90. The molecule has 0 aromatic carbocycles. The maximum Gasteiger partial charge on any atom is 0.286 e. The molecule has 6 nitrogen and oxygen atoms in total. The molecule has 0 saturated carbocycles. The molecule has 26 heavy (non-hydrogen) atoms. The van der Waals surface area contributed by atoms with Gasteiger partial charge in [0, 0.05) is 54.6 Å². The van der Waals surface area contributed by atoms with Crippen molar-refractivity contribution in [1.29, 1.82) is 0 Å². The van der Waals surface area contributed by atoms with Crippen molar-refractivity contribution in [2.24, 2.45) is 5.92 Å². The third-order valence-electron chi connectivity index (χ3n) is 4.61. The number of fused-ring (bicyclic) bond motifs is 1. The van der Waals surface area contributed by atoms with Crippen LogP contribution in [0.5, 0.6) is 0 Å². The fraction of sp³-hybridized carbons (Fsp3) is 0.368. The average Bonchev–Trinajstić information content (AvgIpc) is 3.35. The van der Waals surface area contributed by atoms with E-state index in [2.05, 4.69) is 45.1 Å². The van der Waals surface area contributed by atoms with Gasteiger partial charge in [0.15, 0.2) is 5.76 Å². The van der Waals surface area contributed by atoms with Gasteiger partial charge in [-0.15, -0.1) is 11.3 Å². The summed E-state index contributed by atoms with van der Waals surface area (Å²) in [5, 5.41) is 7.45. The molecule has 3 aromatic heterocycles. The molecular formula is C19H22N4O2S. The first-order chi connectivity index (χ1) is 12.7. The van der Waals surface area contributed by atoms with Crippen molar-refractivity contribution >= 4 is 17.2 Å². The SMILES string of the molecule is Cc1ccc(CN2Cc3ccnn3C[C@@H](CNC(=O)c3ccco3)C2)s1. The van der Waals surface area contributed by atoms with E-state index in [4.69, 9.17) is 4.42 Å². The molecular weight excluding hydrogens is 348 g/mol. The van der Waals surface area contributed by atoms with E-state index in [1.54, 1.807) is 12.1 Å². The largest absolute Gasteiger partial charge is 0.459 e. The zero-order chi connectivity index (χ0) is 17.9. The van der Waals surface area contributed by atoms with Crippen molar-refractivity contribution < 1.29 is 9.21 Å². The van der Waals surface area contributed by atoms with Crippen molar-refractivity contribution in [3.05, 3.63) is 64.0 Å². The van der Waals surface area contributed by atoms with Crippen LogP contribution >= 0.6 is 11.3 Å². The Morgan fingerprint density at radius 2 is 2.27 bits per heavy atom. The summed E-state index contributed by atoms with van der Waals surface area (Å²) in [6.07, 6.45) is 3.37. The molecule has 0 unspecified atom stereocenters. The summed E-state index contributed by atoms with van der Waals surface area (Å²) in [7, 11) is 0. The Morgan fingerprint density at radius 3 is 3.04 bits per heavy atom. The van der Waals surface area contributed by atoms with E-state index in [1.165, 1.54) is 21.7 Å². The molecule has 0 spiro atoms. The smallest absolute Gasteiger partial charge is 0.286 e. The molecule has 1 aliphatic rings. The van der Waals surface area contributed by atoms with Gasteiger partial charge in [-0.05, 0) is 37.3 Å². The number of nitrogens with zero attached hydrogens (tertiary/aromatic N) is 3. The van der Waals surface area contributed by atoms with Crippen LogP contribution in [0.1, 0.15) is 26.0 Å². The summed E-state index contributed by atoms with van der Waals surface area (Å²) in [4.78, 5) is 17.3. The molecule has 0 radical (unpaired) electrons. The van der Waals surface area contributed by atoms with E-state index in [0.717, 1.165) is 26.2 Å². The quantitative estimate of drug-likeness (QED) is 0.750. The van der Waals surface area contributed by atoms with Gasteiger partial charge in [0.1, 0.15) is 0 Å². The highest BCUT2D eigenvalue weighted by molar-refractivity contribution is 7.11. The molecule has 4 rings (SSSR count). The van der Waals surface area contributed by atoms with Crippen LogP contribution in [0.4, 0.5) is 0 Å². The lowest BCUT2D eigenvalue weighted by Crippen LogP contribution is -2.36. The third kappa shape index (κ3) is 3.89. The monoisotopic (exact) mass is 370 g/mol. The summed E-state index contributed by atoms with van der Waals surface area (Å²) in [6, 6.07) is 9.86. The fourth-order valence-corrected chi connectivity index (χ4v) is 4.32. The number of thiophene rings is 1. The zero-order valence-electron chi connectivity index (χ0n) is 14.7. The van der Waals surface area contributed by atoms with Gasteiger partial charge >= 0.3 is 0 Å². The average molecular weight is 370 g/mol. The van der Waals surface area contributed by atoms with Gasteiger partial charge < -0.3 is 9.73 Å². The Balaban J connectivity index is 1.44. The normalized spacial score (nSPS) is 17.7. The number of nitrogens with one attached hydrogen (secondary N) is 1. The Hall–Kier alpha value is -2.38. The van der Waals surface area contributed by atoms with Crippen molar-refractivity contribution in [3.63, 3.8) is 0 Å². The highest BCUT2D eigenvalue weighted by Gasteiger charge is 2.23. The molecule has 3 aromatic rings. The molecule has 1 amide bonds. The first kappa shape index (κ1) is 17.1. The molecule has 136 valence electrons. The number of rotatable bonds is 5. The third-order valence-corrected chi connectivity index (χ3v) is 5.59. The minimum atomic E-state index is -0.166. The van der Waals surface area contributed by atoms with E-state index in [9.17, 15) is 4.79 Å². The Labute approximate surface area is 156 Å². The molecule has 7 heteroatoms. The van der Waals surface area contributed by atoms with E-state index in [1.807, 2.05) is 17.5 Å². The number of carbonyl (C=O) groups is 1. The topological polar surface area (TPSA) is 63.3 Å². The van der Waals surface area contributed by atoms with Crippen LogP contribution < -0.4 is 5.32 Å². The minimum Gasteiger partial charge on any atom is -0.459 e. The number of aryl methyl sites for hydroxylation is 1. The lowest BCUT2D eigenvalue weighted by atomic mass is 10.1. The second-order valence-electron chi connectivity index (χ2n) is 6.74. The molecule has 0 bridgehead atoms. The first-order valence-electron chi connectivity index (χ1n) is 8.77. The molecule has 1 N–H and O–H groups in total. The summed E-state index contributed by atoms with van der Waals surface area (Å²) >= 11 is 1.84. The maximum atomic E-state index is 12.2. The predicted molar refractivity (Wildman–Crippen MR) is 99.9 cm³/mol. The summed E-state index contributed by atoms with van der Waals surface area (Å²) in [6.45, 7) is 6.25. The molecule has 4 heterocycles. The van der Waals surface area contributed by atoms with E-state index >= 15 is 0 Å². The van der Waals surface area contributed by atoms with Crippen LogP contribution in [0.3, 0.4) is 0 Å².